The van der Waals surface area contributed by atoms with Crippen LogP contribution in [-0.4, -0.2) is 0 Å². The topological polar surface area (TPSA) is 0 Å². The minimum atomic E-state index is 0.337. The molecule has 0 amide bonds. The molecule has 0 radical (unpaired) electrons. The van der Waals surface area contributed by atoms with Crippen molar-refractivity contribution >= 4 is 0 Å². The van der Waals surface area contributed by atoms with Gasteiger partial charge in [-0.25, -0.2) is 0 Å². The molecule has 0 heteroatoms. The molecule has 0 nitrogen and oxygen atoms in total. The van der Waals surface area contributed by atoms with Crippen molar-refractivity contribution in [2.24, 2.45) is 17.3 Å². The van der Waals surface area contributed by atoms with E-state index in [4.69, 9.17) is 0 Å². The molecule has 1 unspecified atom stereocenters. The van der Waals surface area contributed by atoms with E-state index >= 15 is 0 Å². The average Bonchev–Trinajstić information content (AvgIpc) is 2.02. The Labute approximate surface area is 90.8 Å². The highest BCUT2D eigenvalue weighted by molar-refractivity contribution is 5.10. The van der Waals surface area contributed by atoms with Crippen molar-refractivity contribution in [3.63, 3.8) is 0 Å². The summed E-state index contributed by atoms with van der Waals surface area (Å²) in [4.78, 5) is 0. The van der Waals surface area contributed by atoms with E-state index in [0.29, 0.717) is 11.3 Å². The molecule has 0 aliphatic heterocycles. The maximum atomic E-state index is 4.29. The first-order valence-electron chi connectivity index (χ1n) is 6.02. The van der Waals surface area contributed by atoms with Gasteiger partial charge in [0, 0.05) is 0 Å². The Morgan fingerprint density at radius 3 is 2.00 bits per heavy atom. The zero-order valence-electron chi connectivity index (χ0n) is 11.0. The molecule has 0 aliphatic carbocycles. The molecule has 0 aromatic rings. The number of rotatable bonds is 6. The molecule has 1 atom stereocenters. The van der Waals surface area contributed by atoms with Crippen molar-refractivity contribution in [1.82, 2.24) is 0 Å². The SMILES string of the molecule is C=C(CCC)C(C)(CC(C)C)C(C)C. The molecule has 0 rings (SSSR count). The van der Waals surface area contributed by atoms with Crippen LogP contribution in [0, 0.1) is 17.3 Å². The highest BCUT2D eigenvalue weighted by Crippen LogP contribution is 2.42. The molecule has 0 aromatic heterocycles. The van der Waals surface area contributed by atoms with Crippen LogP contribution in [0.3, 0.4) is 0 Å². The lowest BCUT2D eigenvalue weighted by Crippen LogP contribution is -2.27. The van der Waals surface area contributed by atoms with E-state index in [1.165, 1.54) is 24.8 Å². The maximum Gasteiger partial charge on any atom is -0.00937 e. The second-order valence-corrected chi connectivity index (χ2v) is 5.52. The monoisotopic (exact) mass is 196 g/mol. The van der Waals surface area contributed by atoms with Crippen LogP contribution in [0.5, 0.6) is 0 Å². The molecule has 14 heavy (non-hydrogen) atoms. The molecule has 0 aliphatic rings. The van der Waals surface area contributed by atoms with Gasteiger partial charge in [0.15, 0.2) is 0 Å². The molecule has 84 valence electrons. The van der Waals surface area contributed by atoms with E-state index in [2.05, 4.69) is 48.1 Å². The normalized spacial score (nSPS) is 16.0. The lowest BCUT2D eigenvalue weighted by molar-refractivity contribution is 0.217. The van der Waals surface area contributed by atoms with E-state index in [0.717, 1.165) is 5.92 Å². The zero-order valence-corrected chi connectivity index (χ0v) is 11.0. The van der Waals surface area contributed by atoms with Crippen LogP contribution >= 0.6 is 0 Å². The second-order valence-electron chi connectivity index (χ2n) is 5.52. The molecule has 0 aromatic carbocycles. The van der Waals surface area contributed by atoms with Crippen molar-refractivity contribution in [2.75, 3.05) is 0 Å². The van der Waals surface area contributed by atoms with E-state index in [1.54, 1.807) is 0 Å². The fourth-order valence-electron chi connectivity index (χ4n) is 2.22. The van der Waals surface area contributed by atoms with Gasteiger partial charge in [0.1, 0.15) is 0 Å². The van der Waals surface area contributed by atoms with Gasteiger partial charge in [-0.3, -0.25) is 0 Å². The zero-order chi connectivity index (χ0) is 11.4. The summed E-state index contributed by atoms with van der Waals surface area (Å²) < 4.78 is 0. The summed E-state index contributed by atoms with van der Waals surface area (Å²) in [5, 5.41) is 0. The Hall–Kier alpha value is -0.260. The first-order valence-corrected chi connectivity index (χ1v) is 6.02. The summed E-state index contributed by atoms with van der Waals surface area (Å²) in [6.07, 6.45) is 3.67. The van der Waals surface area contributed by atoms with Gasteiger partial charge in [-0.1, -0.05) is 60.1 Å². The van der Waals surface area contributed by atoms with E-state index in [1.807, 2.05) is 0 Å². The van der Waals surface area contributed by atoms with Gasteiger partial charge in [-0.2, -0.15) is 0 Å². The first kappa shape index (κ1) is 13.7. The molecule has 0 fully saturated rings. The smallest absolute Gasteiger partial charge is 0.00937 e. The summed E-state index contributed by atoms with van der Waals surface area (Å²) in [7, 11) is 0. The van der Waals surface area contributed by atoms with Gasteiger partial charge in [0.05, 0.1) is 0 Å². The van der Waals surface area contributed by atoms with Crippen LogP contribution < -0.4 is 0 Å². The van der Waals surface area contributed by atoms with Gasteiger partial charge in [-0.15, -0.1) is 0 Å². The van der Waals surface area contributed by atoms with E-state index < -0.39 is 0 Å². The fourth-order valence-corrected chi connectivity index (χ4v) is 2.22. The van der Waals surface area contributed by atoms with Crippen LogP contribution in [0.25, 0.3) is 0 Å². The van der Waals surface area contributed by atoms with Crippen molar-refractivity contribution in [3.8, 4) is 0 Å². The molecule has 0 bridgehead atoms. The Balaban J connectivity index is 4.62. The molecule has 0 heterocycles. The van der Waals surface area contributed by atoms with Crippen molar-refractivity contribution < 1.29 is 0 Å². The Bertz CT molecular complexity index is 176. The third-order valence-corrected chi connectivity index (χ3v) is 3.47. The molecular weight excluding hydrogens is 168 g/mol. The predicted molar refractivity (Wildman–Crippen MR) is 66.4 cm³/mol. The molecule has 0 saturated carbocycles. The highest BCUT2D eigenvalue weighted by atomic mass is 14.4. The third-order valence-electron chi connectivity index (χ3n) is 3.47. The molecule has 0 spiro atoms. The van der Waals surface area contributed by atoms with Crippen LogP contribution in [0.2, 0.25) is 0 Å². The minimum Gasteiger partial charge on any atom is -0.0993 e. The van der Waals surface area contributed by atoms with Gasteiger partial charge in [0.25, 0.3) is 0 Å². The largest absolute Gasteiger partial charge is 0.0993 e. The van der Waals surface area contributed by atoms with Gasteiger partial charge in [-0.05, 0) is 30.1 Å². The standard InChI is InChI=1S/C14H28/c1-8-9-13(6)14(7,12(4)5)10-11(2)3/h11-12H,6,8-10H2,1-5,7H3. The molecule has 0 saturated heterocycles. The number of hydrogen-bond donors (Lipinski definition) is 0. The van der Waals surface area contributed by atoms with E-state index in [-0.39, 0.29) is 0 Å². The maximum absolute atomic E-state index is 4.29. The Morgan fingerprint density at radius 2 is 1.71 bits per heavy atom. The van der Waals surface area contributed by atoms with Crippen LogP contribution in [0.15, 0.2) is 12.2 Å². The van der Waals surface area contributed by atoms with Gasteiger partial charge >= 0.3 is 0 Å². The average molecular weight is 196 g/mol. The quantitative estimate of drug-likeness (QED) is 0.521. The lowest BCUT2D eigenvalue weighted by Gasteiger charge is -2.37. The van der Waals surface area contributed by atoms with Gasteiger partial charge in [0.2, 0.25) is 0 Å². The van der Waals surface area contributed by atoms with Crippen molar-refractivity contribution in [3.05, 3.63) is 12.2 Å². The van der Waals surface area contributed by atoms with Crippen molar-refractivity contribution in [1.29, 1.82) is 0 Å². The predicted octanol–water partition coefficient (Wildman–Crippen LogP) is 5.05. The van der Waals surface area contributed by atoms with Crippen molar-refractivity contribution in [2.45, 2.75) is 60.8 Å². The number of allylic oxidation sites excluding steroid dienone is 1. The summed E-state index contributed by atoms with van der Waals surface area (Å²) in [5.74, 6) is 1.46. The van der Waals surface area contributed by atoms with Crippen LogP contribution in [0.4, 0.5) is 0 Å². The molecular formula is C14H28. The third kappa shape index (κ3) is 3.48. The van der Waals surface area contributed by atoms with Crippen LogP contribution in [0.1, 0.15) is 60.8 Å². The van der Waals surface area contributed by atoms with E-state index in [9.17, 15) is 0 Å². The number of hydrogen-bond acceptors (Lipinski definition) is 0. The Morgan fingerprint density at radius 1 is 1.21 bits per heavy atom. The Kier molecular flexibility index (Phi) is 5.48. The second kappa shape index (κ2) is 5.58. The summed E-state index contributed by atoms with van der Waals surface area (Å²) >= 11 is 0. The first-order chi connectivity index (χ1) is 6.34. The summed E-state index contributed by atoms with van der Waals surface area (Å²) in [6.45, 7) is 18.2. The fraction of sp³-hybridized carbons (Fsp3) is 0.857. The van der Waals surface area contributed by atoms with Crippen LogP contribution in [-0.2, 0) is 0 Å². The molecule has 0 N–H and O–H groups in total. The van der Waals surface area contributed by atoms with Gasteiger partial charge < -0.3 is 0 Å². The summed E-state index contributed by atoms with van der Waals surface area (Å²) in [5.41, 5.74) is 1.79. The lowest BCUT2D eigenvalue weighted by atomic mass is 9.67. The summed E-state index contributed by atoms with van der Waals surface area (Å²) in [6, 6.07) is 0. The highest BCUT2D eigenvalue weighted by Gasteiger charge is 2.31. The minimum absolute atomic E-state index is 0.337.